The Morgan fingerprint density at radius 3 is 2.62 bits per heavy atom. The summed E-state index contributed by atoms with van der Waals surface area (Å²) in [6.45, 7) is 2.31. The second-order valence-corrected chi connectivity index (χ2v) is 3.70. The molecule has 0 spiro atoms. The highest BCUT2D eigenvalue weighted by molar-refractivity contribution is 5.58. The molecule has 5 nitrogen and oxygen atoms in total. The number of nitrogens with two attached hydrogens (primary N) is 3. The number of rotatable bonds is 2. The maximum Gasteiger partial charge on any atom is 0.152 e. The lowest BCUT2D eigenvalue weighted by Gasteiger charge is -2.05. The molecule has 0 saturated heterocycles. The Labute approximate surface area is 93.8 Å². The number of anilines is 2. The van der Waals surface area contributed by atoms with Gasteiger partial charge in [-0.1, -0.05) is 12.1 Å². The van der Waals surface area contributed by atoms with E-state index in [2.05, 4.69) is 5.10 Å². The third kappa shape index (κ3) is 1.61. The zero-order chi connectivity index (χ0) is 11.7. The molecule has 0 aliphatic rings. The summed E-state index contributed by atoms with van der Waals surface area (Å²) in [7, 11) is 0. The second-order valence-electron chi connectivity index (χ2n) is 3.70. The first-order chi connectivity index (χ1) is 7.63. The van der Waals surface area contributed by atoms with E-state index in [1.54, 1.807) is 4.68 Å². The van der Waals surface area contributed by atoms with Crippen molar-refractivity contribution in [2.24, 2.45) is 5.73 Å². The molecule has 0 saturated carbocycles. The number of aryl methyl sites for hydroxylation is 1. The molecule has 0 bridgehead atoms. The molecular formula is C11H15N5. The summed E-state index contributed by atoms with van der Waals surface area (Å²) in [6.07, 6.45) is 0. The van der Waals surface area contributed by atoms with E-state index in [9.17, 15) is 0 Å². The summed E-state index contributed by atoms with van der Waals surface area (Å²) in [5.74, 6) is 0.895. The van der Waals surface area contributed by atoms with Crippen molar-refractivity contribution in [3.63, 3.8) is 0 Å². The van der Waals surface area contributed by atoms with Gasteiger partial charge >= 0.3 is 0 Å². The fourth-order valence-electron chi connectivity index (χ4n) is 1.65. The van der Waals surface area contributed by atoms with Crippen LogP contribution in [0.2, 0.25) is 0 Å². The standard InChI is InChI=1S/C11H15N5/c1-7-3-2-4-8(5-7)16-11(14)9(6-12)10(13)15-16/h2-5H,6,12,14H2,1H3,(H2,13,15). The molecule has 2 aromatic rings. The summed E-state index contributed by atoms with van der Waals surface area (Å²) < 4.78 is 1.62. The van der Waals surface area contributed by atoms with Gasteiger partial charge in [-0.25, -0.2) is 4.68 Å². The van der Waals surface area contributed by atoms with Crippen molar-refractivity contribution in [3.8, 4) is 5.69 Å². The summed E-state index contributed by atoms with van der Waals surface area (Å²) >= 11 is 0. The largest absolute Gasteiger partial charge is 0.383 e. The fraction of sp³-hybridized carbons (Fsp3) is 0.182. The van der Waals surface area contributed by atoms with Gasteiger partial charge in [-0.05, 0) is 24.6 Å². The van der Waals surface area contributed by atoms with Crippen molar-refractivity contribution in [1.82, 2.24) is 9.78 Å². The van der Waals surface area contributed by atoms with Crippen LogP contribution >= 0.6 is 0 Å². The van der Waals surface area contributed by atoms with Crippen molar-refractivity contribution in [2.75, 3.05) is 11.5 Å². The number of nitrogen functional groups attached to an aromatic ring is 2. The van der Waals surface area contributed by atoms with Crippen LogP contribution < -0.4 is 17.2 Å². The topological polar surface area (TPSA) is 95.9 Å². The Bertz CT molecular complexity index is 515. The van der Waals surface area contributed by atoms with E-state index in [0.717, 1.165) is 11.3 Å². The smallest absolute Gasteiger partial charge is 0.152 e. The minimum Gasteiger partial charge on any atom is -0.383 e. The molecule has 0 atom stereocenters. The summed E-state index contributed by atoms with van der Waals surface area (Å²) in [4.78, 5) is 0. The first kappa shape index (κ1) is 10.5. The van der Waals surface area contributed by atoms with E-state index in [4.69, 9.17) is 17.2 Å². The molecule has 1 aromatic carbocycles. The van der Waals surface area contributed by atoms with Gasteiger partial charge in [0, 0.05) is 6.54 Å². The van der Waals surface area contributed by atoms with E-state index in [0.29, 0.717) is 23.7 Å². The molecule has 84 valence electrons. The molecule has 6 N–H and O–H groups in total. The zero-order valence-corrected chi connectivity index (χ0v) is 9.14. The summed E-state index contributed by atoms with van der Waals surface area (Å²) in [5, 5.41) is 4.18. The zero-order valence-electron chi connectivity index (χ0n) is 9.14. The third-order valence-electron chi connectivity index (χ3n) is 2.50. The van der Waals surface area contributed by atoms with E-state index in [1.807, 2.05) is 31.2 Å². The Morgan fingerprint density at radius 1 is 1.31 bits per heavy atom. The van der Waals surface area contributed by atoms with Crippen LogP contribution in [0.25, 0.3) is 5.69 Å². The van der Waals surface area contributed by atoms with E-state index >= 15 is 0 Å². The lowest BCUT2D eigenvalue weighted by Crippen LogP contribution is -2.05. The minimum atomic E-state index is 0.295. The van der Waals surface area contributed by atoms with Crippen LogP contribution in [0.15, 0.2) is 24.3 Å². The average Bonchev–Trinajstić information content (AvgIpc) is 2.54. The van der Waals surface area contributed by atoms with Crippen LogP contribution in [0.4, 0.5) is 11.6 Å². The summed E-state index contributed by atoms with van der Waals surface area (Å²) in [5.41, 5.74) is 20.0. The van der Waals surface area contributed by atoms with Crippen LogP contribution in [0.1, 0.15) is 11.1 Å². The van der Waals surface area contributed by atoms with Gasteiger partial charge < -0.3 is 17.2 Å². The lowest BCUT2D eigenvalue weighted by molar-refractivity contribution is 0.894. The van der Waals surface area contributed by atoms with Crippen LogP contribution in [-0.2, 0) is 6.54 Å². The van der Waals surface area contributed by atoms with E-state index in [1.165, 1.54) is 0 Å². The molecule has 2 rings (SSSR count). The van der Waals surface area contributed by atoms with Crippen LogP contribution in [-0.4, -0.2) is 9.78 Å². The fourth-order valence-corrected chi connectivity index (χ4v) is 1.65. The number of aromatic nitrogens is 2. The van der Waals surface area contributed by atoms with Crippen molar-refractivity contribution < 1.29 is 0 Å². The Kier molecular flexibility index (Phi) is 2.54. The van der Waals surface area contributed by atoms with Crippen molar-refractivity contribution in [1.29, 1.82) is 0 Å². The molecule has 1 heterocycles. The number of nitrogens with zero attached hydrogens (tertiary/aromatic N) is 2. The molecular weight excluding hydrogens is 202 g/mol. The van der Waals surface area contributed by atoms with Crippen LogP contribution in [0, 0.1) is 6.92 Å². The minimum absolute atomic E-state index is 0.295. The molecule has 5 heteroatoms. The van der Waals surface area contributed by atoms with Gasteiger partial charge in [0.1, 0.15) is 5.82 Å². The lowest BCUT2D eigenvalue weighted by atomic mass is 10.2. The molecule has 0 fully saturated rings. The van der Waals surface area contributed by atoms with Gasteiger partial charge in [0.25, 0.3) is 0 Å². The number of benzene rings is 1. The molecule has 16 heavy (non-hydrogen) atoms. The highest BCUT2D eigenvalue weighted by Gasteiger charge is 2.12. The van der Waals surface area contributed by atoms with Crippen molar-refractivity contribution in [3.05, 3.63) is 35.4 Å². The molecule has 0 radical (unpaired) electrons. The van der Waals surface area contributed by atoms with Gasteiger partial charge in [-0.3, -0.25) is 0 Å². The maximum atomic E-state index is 5.94. The first-order valence-electron chi connectivity index (χ1n) is 5.03. The molecule has 0 unspecified atom stereocenters. The Morgan fingerprint density at radius 2 is 2.06 bits per heavy atom. The molecule has 0 aliphatic carbocycles. The molecule has 0 aliphatic heterocycles. The van der Waals surface area contributed by atoms with Gasteiger partial charge in [0.05, 0.1) is 11.3 Å². The third-order valence-corrected chi connectivity index (χ3v) is 2.50. The predicted molar refractivity (Wildman–Crippen MR) is 65.0 cm³/mol. The SMILES string of the molecule is Cc1cccc(-n2nc(N)c(CN)c2N)c1. The van der Waals surface area contributed by atoms with E-state index in [-0.39, 0.29) is 0 Å². The summed E-state index contributed by atoms with van der Waals surface area (Å²) in [6, 6.07) is 7.87. The number of hydrogen-bond acceptors (Lipinski definition) is 4. The predicted octanol–water partition coefficient (Wildman–Crippen LogP) is 0.804. The van der Waals surface area contributed by atoms with E-state index < -0.39 is 0 Å². The van der Waals surface area contributed by atoms with Gasteiger partial charge in [0.2, 0.25) is 0 Å². The first-order valence-corrected chi connectivity index (χ1v) is 5.03. The average molecular weight is 217 g/mol. The second kappa shape index (κ2) is 3.86. The van der Waals surface area contributed by atoms with Gasteiger partial charge in [0.15, 0.2) is 5.82 Å². The van der Waals surface area contributed by atoms with Crippen LogP contribution in [0.5, 0.6) is 0 Å². The normalized spacial score (nSPS) is 10.6. The Balaban J connectivity index is 2.56. The molecule has 1 aromatic heterocycles. The quantitative estimate of drug-likeness (QED) is 0.693. The van der Waals surface area contributed by atoms with Crippen molar-refractivity contribution in [2.45, 2.75) is 13.5 Å². The highest BCUT2D eigenvalue weighted by Crippen LogP contribution is 2.22. The Hall–Kier alpha value is -2.01. The van der Waals surface area contributed by atoms with Crippen LogP contribution in [0.3, 0.4) is 0 Å². The maximum absolute atomic E-state index is 5.94. The van der Waals surface area contributed by atoms with Crippen molar-refractivity contribution >= 4 is 11.6 Å². The van der Waals surface area contributed by atoms with Gasteiger partial charge in [-0.2, -0.15) is 0 Å². The molecule has 0 amide bonds. The number of hydrogen-bond donors (Lipinski definition) is 3. The monoisotopic (exact) mass is 217 g/mol. The van der Waals surface area contributed by atoms with Gasteiger partial charge in [-0.15, -0.1) is 5.10 Å². The highest BCUT2D eigenvalue weighted by atomic mass is 15.3.